The van der Waals surface area contributed by atoms with Gasteiger partial charge in [-0.1, -0.05) is 43.7 Å². The summed E-state index contributed by atoms with van der Waals surface area (Å²) in [6.07, 6.45) is 12.8. The number of nitrogens with one attached hydrogen (secondary N) is 1. The molecular weight excluding hydrogens is 446 g/mol. The van der Waals surface area contributed by atoms with Crippen molar-refractivity contribution in [1.29, 1.82) is 0 Å². The third-order valence-electron chi connectivity index (χ3n) is 7.26. The van der Waals surface area contributed by atoms with Crippen LogP contribution in [0.1, 0.15) is 73.1 Å². The first kappa shape index (κ1) is 27.8. The van der Waals surface area contributed by atoms with Crippen molar-refractivity contribution in [3.05, 3.63) is 36.0 Å². The molecule has 3 saturated heterocycles. The Morgan fingerprint density at radius 2 is 1.94 bits per heavy atom. The molecule has 0 unspecified atom stereocenters. The van der Waals surface area contributed by atoms with E-state index in [1.54, 1.807) is 6.92 Å². The maximum Gasteiger partial charge on any atom is 0.244 e. The van der Waals surface area contributed by atoms with E-state index >= 15 is 0 Å². The van der Waals surface area contributed by atoms with E-state index in [1.165, 1.54) is 12.2 Å². The fourth-order valence-electron chi connectivity index (χ4n) is 4.98. The van der Waals surface area contributed by atoms with Crippen LogP contribution in [-0.4, -0.2) is 65.6 Å². The van der Waals surface area contributed by atoms with Gasteiger partial charge in [0.25, 0.3) is 0 Å². The molecule has 1 spiro atoms. The molecule has 0 bridgehead atoms. The molecule has 7 heteroatoms. The van der Waals surface area contributed by atoms with Crippen molar-refractivity contribution in [2.24, 2.45) is 5.92 Å². The second kappa shape index (κ2) is 12.4. The van der Waals surface area contributed by atoms with Crippen LogP contribution < -0.4 is 5.32 Å². The first-order chi connectivity index (χ1) is 16.6. The van der Waals surface area contributed by atoms with Crippen LogP contribution in [0.4, 0.5) is 0 Å². The highest BCUT2D eigenvalue weighted by atomic mass is 16.6. The smallest absolute Gasteiger partial charge is 0.244 e. The molecule has 0 aromatic carbocycles. The molecule has 0 saturated carbocycles. The summed E-state index contributed by atoms with van der Waals surface area (Å²) in [4.78, 5) is 24.0. The van der Waals surface area contributed by atoms with Crippen LogP contribution in [0, 0.1) is 5.92 Å². The van der Waals surface area contributed by atoms with Crippen molar-refractivity contribution >= 4 is 11.7 Å². The maximum atomic E-state index is 12.1. The lowest BCUT2D eigenvalue weighted by atomic mass is 9.88. The van der Waals surface area contributed by atoms with Crippen LogP contribution in [0.5, 0.6) is 0 Å². The number of amides is 1. The van der Waals surface area contributed by atoms with Crippen LogP contribution >= 0.6 is 0 Å². The number of aliphatic hydroxyl groups is 1. The Labute approximate surface area is 210 Å². The van der Waals surface area contributed by atoms with E-state index in [4.69, 9.17) is 14.2 Å². The monoisotopic (exact) mass is 489 g/mol. The van der Waals surface area contributed by atoms with Crippen LogP contribution in [0.25, 0.3) is 0 Å². The zero-order valence-electron chi connectivity index (χ0n) is 21.9. The molecule has 196 valence electrons. The molecular formula is C28H43NO6. The van der Waals surface area contributed by atoms with Gasteiger partial charge < -0.3 is 24.6 Å². The first-order valence-electron chi connectivity index (χ1n) is 13.1. The van der Waals surface area contributed by atoms with Gasteiger partial charge in [0.15, 0.2) is 0 Å². The number of Topliss-reactive ketones (excluding diaryl/α,β-unsaturated/α-hetero) is 1. The number of rotatable bonds is 10. The van der Waals surface area contributed by atoms with Gasteiger partial charge in [0.05, 0.1) is 48.8 Å². The SMILES string of the molecule is CCC(=O)C[C@@H]1C[C@@]2(CO2)C[C@@H](/C=C/C(C)=C/C[C@@H]2O[C@H](C)[C@H](NC(=O)/C=C\[C@H](C)O)C[C@@H]2C)O1. The summed E-state index contributed by atoms with van der Waals surface area (Å²) < 4.78 is 18.2. The Hall–Kier alpha value is -1.80. The van der Waals surface area contributed by atoms with Gasteiger partial charge in [-0.2, -0.15) is 0 Å². The number of aliphatic hydroxyl groups excluding tert-OH is 1. The first-order valence-corrected chi connectivity index (χ1v) is 13.1. The number of carbonyl (C=O) groups excluding carboxylic acids is 2. The molecule has 8 atom stereocenters. The van der Waals surface area contributed by atoms with Gasteiger partial charge in [-0.05, 0) is 39.5 Å². The largest absolute Gasteiger partial charge is 0.389 e. The van der Waals surface area contributed by atoms with Gasteiger partial charge in [-0.3, -0.25) is 9.59 Å². The molecule has 3 fully saturated rings. The fraction of sp³-hybridized carbons (Fsp3) is 0.714. The summed E-state index contributed by atoms with van der Waals surface area (Å²) in [7, 11) is 0. The molecule has 3 aliphatic rings. The van der Waals surface area contributed by atoms with Crippen molar-refractivity contribution in [2.45, 2.75) is 115 Å². The summed E-state index contributed by atoms with van der Waals surface area (Å²) in [5.41, 5.74) is 1.05. The normalized spacial score (nSPS) is 36.6. The predicted molar refractivity (Wildman–Crippen MR) is 135 cm³/mol. The average molecular weight is 490 g/mol. The molecule has 0 aliphatic carbocycles. The number of ether oxygens (including phenoxy) is 3. The third-order valence-corrected chi connectivity index (χ3v) is 7.26. The van der Waals surface area contributed by atoms with Crippen molar-refractivity contribution in [3.63, 3.8) is 0 Å². The zero-order valence-corrected chi connectivity index (χ0v) is 21.9. The van der Waals surface area contributed by atoms with E-state index in [0.29, 0.717) is 18.8 Å². The lowest BCUT2D eigenvalue weighted by molar-refractivity contribution is -0.125. The Morgan fingerprint density at radius 1 is 1.20 bits per heavy atom. The Kier molecular flexibility index (Phi) is 9.87. The number of allylic oxidation sites excluding steroid dienone is 2. The highest BCUT2D eigenvalue weighted by molar-refractivity contribution is 5.87. The van der Waals surface area contributed by atoms with E-state index < -0.39 is 6.10 Å². The number of hydrogen-bond donors (Lipinski definition) is 2. The maximum absolute atomic E-state index is 12.1. The highest BCUT2D eigenvalue weighted by Gasteiger charge is 2.51. The van der Waals surface area contributed by atoms with Gasteiger partial charge in [-0.15, -0.1) is 0 Å². The van der Waals surface area contributed by atoms with E-state index in [-0.39, 0.29) is 47.7 Å². The van der Waals surface area contributed by atoms with E-state index in [2.05, 4.69) is 37.4 Å². The second-order valence-electron chi connectivity index (χ2n) is 10.6. The zero-order chi connectivity index (χ0) is 25.6. The van der Waals surface area contributed by atoms with Gasteiger partial charge in [-0.25, -0.2) is 0 Å². The van der Waals surface area contributed by atoms with Gasteiger partial charge in [0.2, 0.25) is 5.91 Å². The molecule has 3 aliphatic heterocycles. The lowest BCUT2D eigenvalue weighted by Gasteiger charge is -2.39. The summed E-state index contributed by atoms with van der Waals surface area (Å²) in [5, 5.41) is 12.3. The van der Waals surface area contributed by atoms with E-state index in [9.17, 15) is 14.7 Å². The van der Waals surface area contributed by atoms with Gasteiger partial charge >= 0.3 is 0 Å². The Bertz CT molecular complexity index is 827. The van der Waals surface area contributed by atoms with Gasteiger partial charge in [0.1, 0.15) is 5.78 Å². The van der Waals surface area contributed by atoms with Gasteiger partial charge in [0, 0.05) is 31.8 Å². The second-order valence-corrected chi connectivity index (χ2v) is 10.6. The predicted octanol–water partition coefficient (Wildman–Crippen LogP) is 3.80. The quantitative estimate of drug-likeness (QED) is 0.275. The summed E-state index contributed by atoms with van der Waals surface area (Å²) in [6, 6.07) is -0.0506. The third kappa shape index (κ3) is 8.67. The minimum absolute atomic E-state index is 0.0404. The lowest BCUT2D eigenvalue weighted by Crippen LogP contribution is -2.50. The molecule has 0 aromatic heterocycles. The molecule has 2 N–H and O–H groups in total. The van der Waals surface area contributed by atoms with Crippen LogP contribution in [0.15, 0.2) is 36.0 Å². The fourth-order valence-corrected chi connectivity index (χ4v) is 4.98. The summed E-state index contributed by atoms with van der Waals surface area (Å²) in [6.45, 7) is 10.5. The number of ketones is 1. The van der Waals surface area contributed by atoms with Crippen molar-refractivity contribution in [1.82, 2.24) is 5.32 Å². The molecule has 3 rings (SSSR count). The number of carbonyl (C=O) groups is 2. The molecule has 3 heterocycles. The molecule has 0 aromatic rings. The standard InChI is InChI=1S/C28H43NO6/c1-6-22(31)14-24-16-28(17-33-28)15-23(35-24)10-7-18(2)8-11-26-19(3)13-25(21(5)34-26)29-27(32)12-9-20(4)30/h7-10,12,19-21,23-26,30H,6,11,13-17H2,1-5H3,(H,29,32)/b10-7+,12-9-,18-8+/t19-,20-,21+,23+,24+,25+,26-,28+/m0/s1. The molecule has 1 amide bonds. The van der Waals surface area contributed by atoms with Crippen molar-refractivity contribution in [3.8, 4) is 0 Å². The van der Waals surface area contributed by atoms with Crippen LogP contribution in [-0.2, 0) is 23.8 Å². The summed E-state index contributed by atoms with van der Waals surface area (Å²) >= 11 is 0. The van der Waals surface area contributed by atoms with Crippen LogP contribution in [0.2, 0.25) is 0 Å². The van der Waals surface area contributed by atoms with E-state index in [0.717, 1.165) is 37.9 Å². The Balaban J connectivity index is 1.49. The number of epoxide rings is 1. The Morgan fingerprint density at radius 3 is 2.60 bits per heavy atom. The van der Waals surface area contributed by atoms with Crippen LogP contribution in [0.3, 0.4) is 0 Å². The molecule has 0 radical (unpaired) electrons. The van der Waals surface area contributed by atoms with Crippen molar-refractivity contribution in [2.75, 3.05) is 6.61 Å². The average Bonchev–Trinajstić information content (AvgIpc) is 3.54. The summed E-state index contributed by atoms with van der Waals surface area (Å²) in [5.74, 6) is 0.332. The number of hydrogen-bond acceptors (Lipinski definition) is 6. The minimum Gasteiger partial charge on any atom is -0.389 e. The van der Waals surface area contributed by atoms with E-state index in [1.807, 2.05) is 13.8 Å². The molecule has 35 heavy (non-hydrogen) atoms. The van der Waals surface area contributed by atoms with Crippen molar-refractivity contribution < 1.29 is 28.9 Å². The molecule has 7 nitrogen and oxygen atoms in total. The minimum atomic E-state index is -0.646. The highest BCUT2D eigenvalue weighted by Crippen LogP contribution is 2.43. The topological polar surface area (TPSA) is 97.4 Å².